The number of ketones is 1. The summed E-state index contributed by atoms with van der Waals surface area (Å²) in [6.07, 6.45) is -0.149. The fourth-order valence-corrected chi connectivity index (χ4v) is 4.22. The van der Waals surface area contributed by atoms with Gasteiger partial charge in [0.25, 0.3) is 5.56 Å². The highest BCUT2D eigenvalue weighted by atomic mass is 32.2. The first-order valence-corrected chi connectivity index (χ1v) is 10.5. The predicted octanol–water partition coefficient (Wildman–Crippen LogP) is 2.59. The van der Waals surface area contributed by atoms with Gasteiger partial charge < -0.3 is 24.8 Å². The van der Waals surface area contributed by atoms with Gasteiger partial charge in [0, 0.05) is 23.0 Å². The number of aryl methyl sites for hydroxylation is 1. The first kappa shape index (κ1) is 20.1. The number of carbonyl (C=O) groups is 1. The molecule has 0 fully saturated rings. The summed E-state index contributed by atoms with van der Waals surface area (Å²) in [5.74, 6) is 1.70. The highest BCUT2D eigenvalue weighted by molar-refractivity contribution is 7.99. The van der Waals surface area contributed by atoms with Crippen LogP contribution in [0.4, 0.5) is 5.82 Å². The SMILES string of the molecule is Cc1cc(C(=O)CSc2nc(N)cc(=O)[nH]2)c(C)n1CC1COc2ccccc2O1. The number of aromatic amines is 1. The second-order valence-electron chi connectivity index (χ2n) is 7.08. The van der Waals surface area contributed by atoms with Crippen molar-refractivity contribution >= 4 is 23.4 Å². The molecular weight excluding hydrogens is 404 g/mol. The average Bonchev–Trinajstić information content (AvgIpc) is 2.99. The van der Waals surface area contributed by atoms with Crippen molar-refractivity contribution in [2.75, 3.05) is 18.1 Å². The molecule has 0 saturated heterocycles. The number of H-pyrrole nitrogens is 1. The van der Waals surface area contributed by atoms with E-state index in [4.69, 9.17) is 15.2 Å². The zero-order valence-electron chi connectivity index (χ0n) is 16.7. The molecular formula is C21H22N4O4S. The van der Waals surface area contributed by atoms with Gasteiger partial charge in [-0.15, -0.1) is 0 Å². The molecule has 1 aliphatic heterocycles. The van der Waals surface area contributed by atoms with Crippen molar-refractivity contribution in [2.24, 2.45) is 0 Å². The molecule has 3 heterocycles. The van der Waals surface area contributed by atoms with Crippen molar-refractivity contribution < 1.29 is 14.3 Å². The summed E-state index contributed by atoms with van der Waals surface area (Å²) in [6, 6.07) is 10.7. The minimum atomic E-state index is -0.341. The van der Waals surface area contributed by atoms with Gasteiger partial charge in [0.1, 0.15) is 12.4 Å². The van der Waals surface area contributed by atoms with Gasteiger partial charge in [-0.3, -0.25) is 9.59 Å². The van der Waals surface area contributed by atoms with Gasteiger partial charge in [-0.25, -0.2) is 4.98 Å². The molecule has 156 valence electrons. The van der Waals surface area contributed by atoms with Crippen molar-refractivity contribution in [3.63, 3.8) is 0 Å². The van der Waals surface area contributed by atoms with Crippen LogP contribution in [0.25, 0.3) is 0 Å². The van der Waals surface area contributed by atoms with Gasteiger partial charge >= 0.3 is 0 Å². The van der Waals surface area contributed by atoms with E-state index >= 15 is 0 Å². The molecule has 0 aliphatic carbocycles. The number of aromatic nitrogens is 3. The minimum Gasteiger partial charge on any atom is -0.486 e. The van der Waals surface area contributed by atoms with Gasteiger partial charge in [0.2, 0.25) is 0 Å². The summed E-state index contributed by atoms with van der Waals surface area (Å²) in [5.41, 5.74) is 7.73. The minimum absolute atomic E-state index is 0.0458. The smallest absolute Gasteiger partial charge is 0.253 e. The maximum absolute atomic E-state index is 12.8. The summed E-state index contributed by atoms with van der Waals surface area (Å²) in [6.45, 7) is 4.91. The molecule has 1 unspecified atom stereocenters. The number of fused-ring (bicyclic) bond motifs is 1. The molecule has 9 heteroatoms. The van der Waals surface area contributed by atoms with E-state index in [1.807, 2.05) is 44.2 Å². The number of carbonyl (C=O) groups excluding carboxylic acids is 1. The normalized spacial score (nSPS) is 15.2. The second kappa shape index (κ2) is 8.27. The predicted molar refractivity (Wildman–Crippen MR) is 115 cm³/mol. The maximum atomic E-state index is 12.8. The third kappa shape index (κ3) is 4.20. The number of Topliss-reactive ketones (excluding diaryl/α,β-unsaturated/α-hetero) is 1. The molecule has 3 N–H and O–H groups in total. The lowest BCUT2D eigenvalue weighted by Crippen LogP contribution is -2.33. The van der Waals surface area contributed by atoms with Crippen LogP contribution in [-0.2, 0) is 6.54 Å². The lowest BCUT2D eigenvalue weighted by Gasteiger charge is -2.27. The molecule has 0 spiro atoms. The van der Waals surface area contributed by atoms with Gasteiger partial charge in [0.15, 0.2) is 28.5 Å². The van der Waals surface area contributed by atoms with Crippen LogP contribution in [0, 0.1) is 13.8 Å². The molecule has 2 aromatic heterocycles. The van der Waals surface area contributed by atoms with Crippen LogP contribution in [0.5, 0.6) is 11.5 Å². The van der Waals surface area contributed by atoms with E-state index in [2.05, 4.69) is 14.5 Å². The number of hydrogen-bond donors (Lipinski definition) is 2. The zero-order valence-corrected chi connectivity index (χ0v) is 17.5. The molecule has 1 atom stereocenters. The highest BCUT2D eigenvalue weighted by Crippen LogP contribution is 2.31. The lowest BCUT2D eigenvalue weighted by atomic mass is 10.2. The van der Waals surface area contributed by atoms with Crippen LogP contribution in [0.1, 0.15) is 21.7 Å². The topological polar surface area (TPSA) is 112 Å². The van der Waals surface area contributed by atoms with Crippen molar-refractivity contribution in [2.45, 2.75) is 31.7 Å². The third-order valence-corrected chi connectivity index (χ3v) is 5.78. The molecule has 3 aromatic rings. The van der Waals surface area contributed by atoms with Gasteiger partial charge in [-0.2, -0.15) is 0 Å². The quantitative estimate of drug-likeness (QED) is 0.354. The molecule has 0 bridgehead atoms. The molecule has 0 amide bonds. The number of rotatable bonds is 6. The Bertz CT molecular complexity index is 1150. The number of benzene rings is 1. The standard InChI is InChI=1S/C21H22N4O4S/c1-12-7-15(16(26)11-30-21-23-19(22)8-20(27)24-21)13(2)25(12)9-14-10-28-17-5-3-4-6-18(17)29-14/h3-8,14H,9-11H2,1-2H3,(H3,22,23,24,27). The van der Waals surface area contributed by atoms with Crippen LogP contribution in [0.15, 0.2) is 46.3 Å². The fourth-order valence-electron chi connectivity index (χ4n) is 3.45. The Labute approximate surface area is 177 Å². The zero-order chi connectivity index (χ0) is 21.3. The van der Waals surface area contributed by atoms with E-state index in [1.54, 1.807) is 0 Å². The average molecular weight is 426 g/mol. The van der Waals surface area contributed by atoms with Crippen LogP contribution < -0.4 is 20.8 Å². The second-order valence-corrected chi connectivity index (χ2v) is 8.04. The number of nitrogens with zero attached hydrogens (tertiary/aromatic N) is 2. The number of nitrogen functional groups attached to an aromatic ring is 1. The summed E-state index contributed by atoms with van der Waals surface area (Å²) in [5, 5.41) is 0.327. The Kier molecular flexibility index (Phi) is 5.54. The first-order chi connectivity index (χ1) is 14.4. The van der Waals surface area contributed by atoms with E-state index in [0.29, 0.717) is 23.9 Å². The summed E-state index contributed by atoms with van der Waals surface area (Å²) >= 11 is 1.15. The molecule has 1 aliphatic rings. The van der Waals surface area contributed by atoms with Crippen LogP contribution in [0.3, 0.4) is 0 Å². The Morgan fingerprint density at radius 2 is 2.07 bits per heavy atom. The van der Waals surface area contributed by atoms with Crippen molar-refractivity contribution in [1.82, 2.24) is 14.5 Å². The monoisotopic (exact) mass is 426 g/mol. The summed E-state index contributed by atoms with van der Waals surface area (Å²) < 4.78 is 13.9. The highest BCUT2D eigenvalue weighted by Gasteiger charge is 2.24. The van der Waals surface area contributed by atoms with Crippen LogP contribution in [-0.4, -0.2) is 38.8 Å². The molecule has 0 radical (unpaired) electrons. The van der Waals surface area contributed by atoms with E-state index in [9.17, 15) is 9.59 Å². The summed E-state index contributed by atoms with van der Waals surface area (Å²) in [4.78, 5) is 30.9. The number of para-hydroxylation sites is 2. The molecule has 1 aromatic carbocycles. The van der Waals surface area contributed by atoms with E-state index in [-0.39, 0.29) is 29.0 Å². The first-order valence-electron chi connectivity index (χ1n) is 9.49. The Morgan fingerprint density at radius 3 is 2.83 bits per heavy atom. The Morgan fingerprint density at radius 1 is 1.30 bits per heavy atom. The Balaban J connectivity index is 1.45. The number of hydrogen-bond acceptors (Lipinski definition) is 7. The van der Waals surface area contributed by atoms with Crippen LogP contribution in [0.2, 0.25) is 0 Å². The number of nitrogens with two attached hydrogens (primary N) is 1. The lowest BCUT2D eigenvalue weighted by molar-refractivity contribution is 0.0777. The van der Waals surface area contributed by atoms with Gasteiger partial charge in [-0.05, 0) is 32.0 Å². The van der Waals surface area contributed by atoms with Crippen LogP contribution >= 0.6 is 11.8 Å². The number of ether oxygens (including phenoxy) is 2. The third-order valence-electron chi connectivity index (χ3n) is 4.91. The Hall–Kier alpha value is -3.20. The largest absolute Gasteiger partial charge is 0.486 e. The van der Waals surface area contributed by atoms with Crippen molar-refractivity contribution in [1.29, 1.82) is 0 Å². The van der Waals surface area contributed by atoms with Gasteiger partial charge in [-0.1, -0.05) is 23.9 Å². The summed E-state index contributed by atoms with van der Waals surface area (Å²) in [7, 11) is 0. The number of thioether (sulfide) groups is 1. The van der Waals surface area contributed by atoms with Crippen molar-refractivity contribution in [3.8, 4) is 11.5 Å². The van der Waals surface area contributed by atoms with Crippen molar-refractivity contribution in [3.05, 3.63) is 63.7 Å². The van der Waals surface area contributed by atoms with E-state index < -0.39 is 0 Å². The number of anilines is 1. The molecule has 0 saturated carbocycles. The van der Waals surface area contributed by atoms with E-state index in [0.717, 1.165) is 34.6 Å². The molecule has 30 heavy (non-hydrogen) atoms. The number of nitrogens with one attached hydrogen (secondary N) is 1. The maximum Gasteiger partial charge on any atom is 0.253 e. The molecule has 8 nitrogen and oxygen atoms in total. The van der Waals surface area contributed by atoms with Gasteiger partial charge in [0.05, 0.1) is 12.3 Å². The molecule has 4 rings (SSSR count). The fraction of sp³-hybridized carbons (Fsp3) is 0.286. The van der Waals surface area contributed by atoms with E-state index in [1.165, 1.54) is 6.07 Å².